The highest BCUT2D eigenvalue weighted by Crippen LogP contribution is 2.12. The molecule has 0 aliphatic carbocycles. The number of carbonyl (C=O) groups is 1. The standard InChI is InChI=1S/C10H23N3O3/c1-7(11)5-6-8(16-13-12)9(14)15-10(2,3)4/h7-8,13H,5-6,11-12H2,1-4H3. The monoisotopic (exact) mass is 233 g/mol. The molecule has 0 saturated heterocycles. The number of hydrazine groups is 1. The molecule has 16 heavy (non-hydrogen) atoms. The molecule has 0 rings (SSSR count). The van der Waals surface area contributed by atoms with Crippen molar-refractivity contribution in [2.75, 3.05) is 0 Å². The summed E-state index contributed by atoms with van der Waals surface area (Å²) in [6.45, 7) is 7.25. The van der Waals surface area contributed by atoms with E-state index in [1.807, 2.05) is 12.5 Å². The molecule has 2 unspecified atom stereocenters. The lowest BCUT2D eigenvalue weighted by Gasteiger charge is -2.23. The van der Waals surface area contributed by atoms with Gasteiger partial charge in [-0.2, -0.15) is 0 Å². The van der Waals surface area contributed by atoms with Gasteiger partial charge < -0.3 is 10.5 Å². The van der Waals surface area contributed by atoms with Gasteiger partial charge in [0.25, 0.3) is 0 Å². The van der Waals surface area contributed by atoms with Gasteiger partial charge in [0.1, 0.15) is 5.60 Å². The van der Waals surface area contributed by atoms with Crippen LogP contribution >= 0.6 is 0 Å². The van der Waals surface area contributed by atoms with Gasteiger partial charge in [-0.1, -0.05) is 0 Å². The summed E-state index contributed by atoms with van der Waals surface area (Å²) < 4.78 is 5.18. The van der Waals surface area contributed by atoms with E-state index in [0.29, 0.717) is 12.8 Å². The Balaban J connectivity index is 4.23. The van der Waals surface area contributed by atoms with E-state index in [1.165, 1.54) is 0 Å². The lowest BCUT2D eigenvalue weighted by molar-refractivity contribution is -0.174. The van der Waals surface area contributed by atoms with Crippen molar-refractivity contribution in [2.24, 2.45) is 11.6 Å². The van der Waals surface area contributed by atoms with Crippen LogP contribution in [0.25, 0.3) is 0 Å². The van der Waals surface area contributed by atoms with Crippen LogP contribution in [0.1, 0.15) is 40.5 Å². The van der Waals surface area contributed by atoms with Crippen LogP contribution in [0, 0.1) is 0 Å². The SMILES string of the molecule is CC(N)CCC(ONN)C(=O)OC(C)(C)C. The predicted octanol–water partition coefficient (Wildman–Crippen LogP) is 0.219. The zero-order valence-electron chi connectivity index (χ0n) is 10.4. The minimum atomic E-state index is -0.727. The van der Waals surface area contributed by atoms with Crippen LogP contribution in [0.15, 0.2) is 0 Å². The molecule has 6 nitrogen and oxygen atoms in total. The fourth-order valence-electron chi connectivity index (χ4n) is 1.09. The van der Waals surface area contributed by atoms with Crippen LogP contribution < -0.4 is 17.2 Å². The Kier molecular flexibility index (Phi) is 6.51. The van der Waals surface area contributed by atoms with Crippen LogP contribution in [0.5, 0.6) is 0 Å². The average Bonchev–Trinajstić information content (AvgIpc) is 2.08. The van der Waals surface area contributed by atoms with E-state index in [0.717, 1.165) is 0 Å². The van der Waals surface area contributed by atoms with E-state index in [9.17, 15) is 4.79 Å². The first-order chi connectivity index (χ1) is 7.26. The highest BCUT2D eigenvalue weighted by atomic mass is 16.7. The average molecular weight is 233 g/mol. The smallest absolute Gasteiger partial charge is 0.337 e. The molecule has 0 aromatic carbocycles. The van der Waals surface area contributed by atoms with Crippen LogP contribution in [-0.2, 0) is 14.4 Å². The second-order valence-corrected chi connectivity index (χ2v) is 4.81. The third kappa shape index (κ3) is 7.58. The van der Waals surface area contributed by atoms with Gasteiger partial charge in [-0.05, 0) is 40.5 Å². The van der Waals surface area contributed by atoms with Gasteiger partial charge in [-0.15, -0.1) is 5.59 Å². The van der Waals surface area contributed by atoms with Gasteiger partial charge in [-0.3, -0.25) is 4.84 Å². The molecule has 0 amide bonds. The second kappa shape index (κ2) is 6.80. The maximum atomic E-state index is 11.7. The molecule has 0 aliphatic rings. The molecule has 0 bridgehead atoms. The molecular formula is C10H23N3O3. The number of nitrogens with one attached hydrogen (secondary N) is 1. The van der Waals surface area contributed by atoms with Gasteiger partial charge in [0.05, 0.1) is 0 Å². The highest BCUT2D eigenvalue weighted by molar-refractivity contribution is 5.75. The van der Waals surface area contributed by atoms with E-state index < -0.39 is 17.7 Å². The first-order valence-electron chi connectivity index (χ1n) is 5.36. The number of hydrogen-bond acceptors (Lipinski definition) is 6. The number of carbonyl (C=O) groups excluding carboxylic acids is 1. The van der Waals surface area contributed by atoms with E-state index in [-0.39, 0.29) is 6.04 Å². The quantitative estimate of drug-likeness (QED) is 0.345. The second-order valence-electron chi connectivity index (χ2n) is 4.81. The molecule has 6 heteroatoms. The van der Waals surface area contributed by atoms with Crippen LogP contribution in [0.2, 0.25) is 0 Å². The number of nitrogens with two attached hydrogens (primary N) is 2. The van der Waals surface area contributed by atoms with Gasteiger partial charge >= 0.3 is 5.97 Å². The van der Waals surface area contributed by atoms with E-state index >= 15 is 0 Å². The van der Waals surface area contributed by atoms with Gasteiger partial charge in [-0.25, -0.2) is 10.6 Å². The lowest BCUT2D eigenvalue weighted by atomic mass is 10.1. The zero-order chi connectivity index (χ0) is 12.8. The molecular weight excluding hydrogens is 210 g/mol. The molecule has 0 aromatic rings. The molecule has 0 aliphatic heterocycles. The normalized spacial score (nSPS) is 15.6. The Morgan fingerprint density at radius 2 is 1.94 bits per heavy atom. The summed E-state index contributed by atoms with van der Waals surface area (Å²) in [6, 6.07) is 0.00584. The summed E-state index contributed by atoms with van der Waals surface area (Å²) in [5.41, 5.74) is 7.08. The highest BCUT2D eigenvalue weighted by Gasteiger charge is 2.26. The van der Waals surface area contributed by atoms with Crippen molar-refractivity contribution in [1.29, 1.82) is 0 Å². The first kappa shape index (κ1) is 15.3. The van der Waals surface area contributed by atoms with Crippen molar-refractivity contribution in [1.82, 2.24) is 5.59 Å². The van der Waals surface area contributed by atoms with Crippen molar-refractivity contribution in [3.8, 4) is 0 Å². The van der Waals surface area contributed by atoms with Gasteiger partial charge in [0, 0.05) is 6.04 Å². The van der Waals surface area contributed by atoms with Crippen molar-refractivity contribution >= 4 is 5.97 Å². The molecule has 0 saturated carbocycles. The van der Waals surface area contributed by atoms with Crippen LogP contribution in [0.3, 0.4) is 0 Å². The molecule has 0 aromatic heterocycles. The Morgan fingerprint density at radius 1 is 1.38 bits per heavy atom. The zero-order valence-corrected chi connectivity index (χ0v) is 10.4. The number of hydrogen-bond donors (Lipinski definition) is 3. The van der Waals surface area contributed by atoms with E-state index in [2.05, 4.69) is 0 Å². The van der Waals surface area contributed by atoms with Crippen molar-refractivity contribution in [2.45, 2.75) is 58.3 Å². The molecule has 0 radical (unpaired) electrons. The predicted molar refractivity (Wildman–Crippen MR) is 60.9 cm³/mol. The van der Waals surface area contributed by atoms with Gasteiger partial charge in [0.15, 0.2) is 6.10 Å². The minimum Gasteiger partial charge on any atom is -0.458 e. The Bertz CT molecular complexity index is 214. The maximum Gasteiger partial charge on any atom is 0.337 e. The summed E-state index contributed by atoms with van der Waals surface area (Å²) >= 11 is 0. The van der Waals surface area contributed by atoms with Crippen LogP contribution in [-0.4, -0.2) is 23.7 Å². The molecule has 0 heterocycles. The summed E-state index contributed by atoms with van der Waals surface area (Å²) in [5, 5.41) is 0. The molecule has 2 atom stereocenters. The Morgan fingerprint density at radius 3 is 2.31 bits per heavy atom. The first-order valence-corrected chi connectivity index (χ1v) is 5.36. The number of esters is 1. The fraction of sp³-hybridized carbons (Fsp3) is 0.900. The number of ether oxygens (including phenoxy) is 1. The molecule has 96 valence electrons. The third-order valence-electron chi connectivity index (χ3n) is 1.76. The van der Waals surface area contributed by atoms with E-state index in [1.54, 1.807) is 20.8 Å². The molecule has 0 spiro atoms. The summed E-state index contributed by atoms with van der Waals surface area (Å²) in [7, 11) is 0. The summed E-state index contributed by atoms with van der Waals surface area (Å²) in [5.74, 6) is 4.59. The number of rotatable bonds is 6. The lowest BCUT2D eigenvalue weighted by Crippen LogP contribution is -2.39. The van der Waals surface area contributed by atoms with Crippen molar-refractivity contribution < 1.29 is 14.4 Å². The maximum absolute atomic E-state index is 11.7. The van der Waals surface area contributed by atoms with E-state index in [4.69, 9.17) is 21.2 Å². The topological polar surface area (TPSA) is 99.6 Å². The largest absolute Gasteiger partial charge is 0.458 e. The van der Waals surface area contributed by atoms with Gasteiger partial charge in [0.2, 0.25) is 0 Å². The van der Waals surface area contributed by atoms with Crippen molar-refractivity contribution in [3.63, 3.8) is 0 Å². The summed E-state index contributed by atoms with van der Waals surface area (Å²) in [4.78, 5) is 16.6. The summed E-state index contributed by atoms with van der Waals surface area (Å²) in [6.07, 6.45) is 0.401. The molecule has 5 N–H and O–H groups in total. The minimum absolute atomic E-state index is 0.00584. The Hall–Kier alpha value is -0.690. The van der Waals surface area contributed by atoms with Crippen LogP contribution in [0.4, 0.5) is 0 Å². The Labute approximate surface area is 96.6 Å². The molecule has 0 fully saturated rings. The third-order valence-corrected chi connectivity index (χ3v) is 1.76. The fourth-order valence-corrected chi connectivity index (χ4v) is 1.09. The van der Waals surface area contributed by atoms with Crippen molar-refractivity contribution in [3.05, 3.63) is 0 Å².